The van der Waals surface area contributed by atoms with Crippen LogP contribution in [0.2, 0.25) is 10.0 Å². The van der Waals surface area contributed by atoms with Gasteiger partial charge in [0.05, 0.1) is 10.0 Å². The van der Waals surface area contributed by atoms with E-state index in [1.807, 2.05) is 18.2 Å². The van der Waals surface area contributed by atoms with Crippen LogP contribution in [0, 0.1) is 0 Å². The molecule has 0 unspecified atom stereocenters. The number of thioether (sulfide) groups is 1. The molecule has 0 saturated carbocycles. The molecule has 0 N–H and O–H groups in total. The summed E-state index contributed by atoms with van der Waals surface area (Å²) in [5, 5.41) is 1.24. The molecule has 0 nitrogen and oxygen atoms in total. The van der Waals surface area contributed by atoms with Crippen LogP contribution in [0.15, 0.2) is 18.2 Å². The first-order valence-electron chi connectivity index (χ1n) is 3.98. The molecule has 0 aliphatic carbocycles. The number of halogens is 2. The standard InChI is InChI=1S/C10H12Cl2S/c1-10(2,13-3)7-4-5-8(11)9(12)6-7/h4-6H,1-3H3. The lowest BCUT2D eigenvalue weighted by molar-refractivity contribution is 0.785. The zero-order valence-electron chi connectivity index (χ0n) is 7.90. The highest BCUT2D eigenvalue weighted by atomic mass is 35.5. The van der Waals surface area contributed by atoms with E-state index in [0.29, 0.717) is 10.0 Å². The molecule has 0 spiro atoms. The molecule has 0 bridgehead atoms. The summed E-state index contributed by atoms with van der Waals surface area (Å²) in [4.78, 5) is 0. The van der Waals surface area contributed by atoms with Crippen molar-refractivity contribution in [3.8, 4) is 0 Å². The Morgan fingerprint density at radius 2 is 1.77 bits per heavy atom. The lowest BCUT2D eigenvalue weighted by Crippen LogP contribution is -2.10. The normalized spacial score (nSPS) is 11.8. The first-order chi connectivity index (χ1) is 5.97. The van der Waals surface area contributed by atoms with Gasteiger partial charge in [-0.25, -0.2) is 0 Å². The van der Waals surface area contributed by atoms with Crippen molar-refractivity contribution < 1.29 is 0 Å². The Morgan fingerprint density at radius 1 is 1.15 bits per heavy atom. The Bertz CT molecular complexity index is 308. The van der Waals surface area contributed by atoms with Crippen LogP contribution in [-0.2, 0) is 4.75 Å². The molecule has 1 aromatic rings. The fraction of sp³-hybridized carbons (Fsp3) is 0.400. The Labute approximate surface area is 93.6 Å². The third kappa shape index (κ3) is 2.55. The summed E-state index contributed by atoms with van der Waals surface area (Å²) in [6, 6.07) is 5.79. The van der Waals surface area contributed by atoms with Gasteiger partial charge in [0.15, 0.2) is 0 Å². The van der Waals surface area contributed by atoms with Crippen molar-refractivity contribution in [2.45, 2.75) is 18.6 Å². The molecule has 72 valence electrons. The van der Waals surface area contributed by atoms with Crippen molar-refractivity contribution in [3.05, 3.63) is 33.8 Å². The van der Waals surface area contributed by atoms with Crippen LogP contribution in [0.4, 0.5) is 0 Å². The van der Waals surface area contributed by atoms with E-state index >= 15 is 0 Å². The molecule has 0 fully saturated rings. The van der Waals surface area contributed by atoms with Crippen LogP contribution in [0.25, 0.3) is 0 Å². The number of hydrogen-bond donors (Lipinski definition) is 0. The molecule has 3 heteroatoms. The van der Waals surface area contributed by atoms with Gasteiger partial charge in [-0.2, -0.15) is 11.8 Å². The van der Waals surface area contributed by atoms with E-state index in [2.05, 4.69) is 20.1 Å². The Morgan fingerprint density at radius 3 is 2.23 bits per heavy atom. The highest BCUT2D eigenvalue weighted by molar-refractivity contribution is 7.99. The fourth-order valence-electron chi connectivity index (χ4n) is 0.988. The molecular weight excluding hydrogens is 223 g/mol. The minimum atomic E-state index is 0.0915. The minimum Gasteiger partial charge on any atom is -0.154 e. The molecule has 0 heterocycles. The van der Waals surface area contributed by atoms with Crippen LogP contribution >= 0.6 is 35.0 Å². The zero-order valence-corrected chi connectivity index (χ0v) is 10.2. The van der Waals surface area contributed by atoms with E-state index in [-0.39, 0.29) is 4.75 Å². The Kier molecular flexibility index (Phi) is 3.56. The van der Waals surface area contributed by atoms with Crippen molar-refractivity contribution in [2.75, 3.05) is 6.26 Å². The molecule has 0 saturated heterocycles. The average molecular weight is 235 g/mol. The van der Waals surface area contributed by atoms with E-state index in [0.717, 1.165) is 0 Å². The van der Waals surface area contributed by atoms with Gasteiger partial charge in [0.1, 0.15) is 0 Å². The summed E-state index contributed by atoms with van der Waals surface area (Å²) in [5.41, 5.74) is 1.20. The summed E-state index contributed by atoms with van der Waals surface area (Å²) in [5.74, 6) is 0. The molecule has 0 radical (unpaired) electrons. The highest BCUT2D eigenvalue weighted by Crippen LogP contribution is 2.36. The second-order valence-electron chi connectivity index (χ2n) is 3.34. The summed E-state index contributed by atoms with van der Waals surface area (Å²) in [6.45, 7) is 4.33. The van der Waals surface area contributed by atoms with E-state index in [1.54, 1.807) is 11.8 Å². The molecule has 1 aromatic carbocycles. The van der Waals surface area contributed by atoms with E-state index in [4.69, 9.17) is 23.2 Å². The monoisotopic (exact) mass is 234 g/mol. The predicted octanol–water partition coefficient (Wildman–Crippen LogP) is 4.59. The first-order valence-corrected chi connectivity index (χ1v) is 5.96. The average Bonchev–Trinajstić information content (AvgIpc) is 2.09. The van der Waals surface area contributed by atoms with E-state index < -0.39 is 0 Å². The third-order valence-corrected chi connectivity index (χ3v) is 4.12. The van der Waals surface area contributed by atoms with Crippen molar-refractivity contribution in [2.24, 2.45) is 0 Å². The van der Waals surface area contributed by atoms with E-state index in [9.17, 15) is 0 Å². The van der Waals surface area contributed by atoms with Gasteiger partial charge in [-0.3, -0.25) is 0 Å². The topological polar surface area (TPSA) is 0 Å². The molecule has 0 aliphatic heterocycles. The molecule has 0 atom stereocenters. The van der Waals surface area contributed by atoms with Gasteiger partial charge in [-0.15, -0.1) is 0 Å². The summed E-state index contributed by atoms with van der Waals surface area (Å²) >= 11 is 13.6. The second-order valence-corrected chi connectivity index (χ2v) is 5.59. The number of hydrogen-bond acceptors (Lipinski definition) is 1. The highest BCUT2D eigenvalue weighted by Gasteiger charge is 2.19. The van der Waals surface area contributed by atoms with Gasteiger partial charge in [-0.05, 0) is 37.8 Å². The Balaban J connectivity index is 3.10. The predicted molar refractivity (Wildman–Crippen MR) is 63.0 cm³/mol. The summed E-state index contributed by atoms with van der Waals surface area (Å²) < 4.78 is 0.0915. The van der Waals surface area contributed by atoms with Crippen molar-refractivity contribution in [1.82, 2.24) is 0 Å². The van der Waals surface area contributed by atoms with Crippen molar-refractivity contribution in [3.63, 3.8) is 0 Å². The quantitative estimate of drug-likeness (QED) is 0.722. The van der Waals surface area contributed by atoms with Crippen LogP contribution in [0.1, 0.15) is 19.4 Å². The van der Waals surface area contributed by atoms with Crippen molar-refractivity contribution in [1.29, 1.82) is 0 Å². The van der Waals surface area contributed by atoms with Gasteiger partial charge in [0, 0.05) is 4.75 Å². The fourth-order valence-corrected chi connectivity index (χ4v) is 1.65. The first kappa shape index (κ1) is 11.2. The van der Waals surface area contributed by atoms with Gasteiger partial charge in [0.25, 0.3) is 0 Å². The lowest BCUT2D eigenvalue weighted by atomic mass is 10.0. The SMILES string of the molecule is CSC(C)(C)c1ccc(Cl)c(Cl)c1. The van der Waals surface area contributed by atoms with Crippen LogP contribution in [0.3, 0.4) is 0 Å². The maximum Gasteiger partial charge on any atom is 0.0595 e. The van der Waals surface area contributed by atoms with Gasteiger partial charge in [0.2, 0.25) is 0 Å². The molecule has 13 heavy (non-hydrogen) atoms. The summed E-state index contributed by atoms with van der Waals surface area (Å²) in [7, 11) is 0. The zero-order chi connectivity index (χ0) is 10.1. The number of rotatable bonds is 2. The summed E-state index contributed by atoms with van der Waals surface area (Å²) in [6.07, 6.45) is 2.09. The number of benzene rings is 1. The van der Waals surface area contributed by atoms with E-state index in [1.165, 1.54) is 5.56 Å². The van der Waals surface area contributed by atoms with Crippen LogP contribution in [0.5, 0.6) is 0 Å². The molecular formula is C10H12Cl2S. The molecule has 0 amide bonds. The van der Waals surface area contributed by atoms with Crippen molar-refractivity contribution >= 4 is 35.0 Å². The lowest BCUT2D eigenvalue weighted by Gasteiger charge is -2.22. The largest absolute Gasteiger partial charge is 0.154 e. The maximum absolute atomic E-state index is 5.94. The second kappa shape index (κ2) is 4.12. The third-order valence-electron chi connectivity index (χ3n) is 2.13. The molecule has 1 rings (SSSR count). The van der Waals surface area contributed by atoms with Gasteiger partial charge in [-0.1, -0.05) is 29.3 Å². The van der Waals surface area contributed by atoms with Crippen LogP contribution < -0.4 is 0 Å². The van der Waals surface area contributed by atoms with Gasteiger partial charge >= 0.3 is 0 Å². The van der Waals surface area contributed by atoms with Gasteiger partial charge < -0.3 is 0 Å². The minimum absolute atomic E-state index is 0.0915. The smallest absolute Gasteiger partial charge is 0.0595 e. The molecule has 0 aromatic heterocycles. The maximum atomic E-state index is 5.94. The van der Waals surface area contributed by atoms with Crippen LogP contribution in [-0.4, -0.2) is 6.26 Å². The Hall–Kier alpha value is 0.150. The molecule has 0 aliphatic rings.